The summed E-state index contributed by atoms with van der Waals surface area (Å²) in [7, 11) is 0. The molecule has 0 atom stereocenters. The molecule has 9 heteroatoms. The summed E-state index contributed by atoms with van der Waals surface area (Å²) < 4.78 is 17.5. The maximum Gasteiger partial charge on any atom is 0.155 e. The molecule has 0 radical (unpaired) electrons. The van der Waals surface area contributed by atoms with Gasteiger partial charge in [0.1, 0.15) is 17.3 Å². The third kappa shape index (κ3) is 2.64. The van der Waals surface area contributed by atoms with Crippen molar-refractivity contribution >= 4 is 5.84 Å². The molecule has 130 valence electrons. The van der Waals surface area contributed by atoms with Gasteiger partial charge in [0.05, 0.1) is 11.3 Å². The van der Waals surface area contributed by atoms with Gasteiger partial charge in [0, 0.05) is 18.0 Å². The lowest BCUT2D eigenvalue weighted by molar-refractivity contribution is 0.234. The molecule has 0 saturated carbocycles. The molecule has 0 spiro atoms. The third-order valence-electron chi connectivity index (χ3n) is 3.88. The van der Waals surface area contributed by atoms with Crippen LogP contribution in [0.3, 0.4) is 0 Å². The molecular weight excluding hydrogens is 327 g/mol. The van der Waals surface area contributed by atoms with E-state index in [2.05, 4.69) is 10.1 Å². The van der Waals surface area contributed by atoms with Crippen LogP contribution in [0.2, 0.25) is 0 Å². The van der Waals surface area contributed by atoms with Gasteiger partial charge < -0.3 is 5.11 Å². The van der Waals surface area contributed by atoms with Crippen molar-refractivity contribution in [2.75, 3.05) is 0 Å². The molecule has 4 N–H and O–H groups in total. The van der Waals surface area contributed by atoms with Crippen molar-refractivity contribution in [3.05, 3.63) is 53.0 Å². The number of benzene rings is 1. The van der Waals surface area contributed by atoms with E-state index in [0.717, 1.165) is 11.8 Å². The predicted molar refractivity (Wildman–Crippen MR) is 88.3 cm³/mol. The Labute approximate surface area is 142 Å². The van der Waals surface area contributed by atoms with Crippen LogP contribution in [-0.2, 0) is 0 Å². The number of nitrogens with zero attached hydrogens (tertiary/aromatic N) is 4. The SMILES string of the molecule is Cc1nn(-c2ccc(O)cc2F)c(-n2c(C)cnc2C)c1C(=N)NO. The summed E-state index contributed by atoms with van der Waals surface area (Å²) >= 11 is 0. The predicted octanol–water partition coefficient (Wildman–Crippen LogP) is 2.13. The van der Waals surface area contributed by atoms with Gasteiger partial charge in [-0.05, 0) is 32.9 Å². The van der Waals surface area contributed by atoms with E-state index in [1.165, 1.54) is 16.8 Å². The van der Waals surface area contributed by atoms with E-state index in [9.17, 15) is 14.7 Å². The molecule has 0 amide bonds. The van der Waals surface area contributed by atoms with E-state index in [1.54, 1.807) is 24.6 Å². The lowest BCUT2D eigenvalue weighted by Crippen LogP contribution is -2.22. The summed E-state index contributed by atoms with van der Waals surface area (Å²) in [6, 6.07) is 3.73. The number of halogens is 1. The molecule has 8 nitrogen and oxygen atoms in total. The highest BCUT2D eigenvalue weighted by molar-refractivity contribution is 5.99. The lowest BCUT2D eigenvalue weighted by atomic mass is 10.2. The number of hydrogen-bond acceptors (Lipinski definition) is 5. The fraction of sp³-hybridized carbons (Fsp3) is 0.188. The average Bonchev–Trinajstić information content (AvgIpc) is 3.06. The van der Waals surface area contributed by atoms with Gasteiger partial charge in [-0.25, -0.2) is 14.1 Å². The second-order valence-corrected chi connectivity index (χ2v) is 5.60. The Kier molecular flexibility index (Phi) is 4.01. The number of hydrogen-bond donors (Lipinski definition) is 4. The number of aromatic nitrogens is 4. The van der Waals surface area contributed by atoms with Crippen LogP contribution in [0.5, 0.6) is 5.75 Å². The van der Waals surface area contributed by atoms with Gasteiger partial charge in [-0.3, -0.25) is 20.7 Å². The van der Waals surface area contributed by atoms with Crippen LogP contribution in [-0.4, -0.2) is 35.5 Å². The fourth-order valence-corrected chi connectivity index (χ4v) is 2.78. The molecule has 0 fully saturated rings. The van der Waals surface area contributed by atoms with E-state index >= 15 is 0 Å². The zero-order valence-electron chi connectivity index (χ0n) is 13.9. The number of hydroxylamine groups is 1. The van der Waals surface area contributed by atoms with Crippen molar-refractivity contribution in [2.24, 2.45) is 0 Å². The third-order valence-corrected chi connectivity index (χ3v) is 3.88. The zero-order valence-corrected chi connectivity index (χ0v) is 13.9. The highest BCUT2D eigenvalue weighted by Crippen LogP contribution is 2.27. The Bertz CT molecular complexity index is 956. The summed E-state index contributed by atoms with van der Waals surface area (Å²) in [5, 5.41) is 31.0. The molecule has 2 heterocycles. The molecular formula is C16H17FN6O2. The molecule has 0 saturated heterocycles. The summed E-state index contributed by atoms with van der Waals surface area (Å²) in [6.45, 7) is 5.24. The summed E-state index contributed by atoms with van der Waals surface area (Å²) in [5.74, 6) is -0.169. The Hall–Kier alpha value is -3.20. The van der Waals surface area contributed by atoms with Gasteiger partial charge >= 0.3 is 0 Å². The maximum atomic E-state index is 14.4. The van der Waals surface area contributed by atoms with Gasteiger partial charge in [0.2, 0.25) is 0 Å². The van der Waals surface area contributed by atoms with Crippen LogP contribution in [0.4, 0.5) is 4.39 Å². The molecule has 0 aliphatic carbocycles. The molecule has 3 aromatic rings. The number of imidazole rings is 1. The number of rotatable bonds is 3. The smallest absolute Gasteiger partial charge is 0.155 e. The van der Waals surface area contributed by atoms with Crippen LogP contribution in [0.25, 0.3) is 11.5 Å². The number of phenolic OH excluding ortho intramolecular Hbond substituents is 1. The summed E-state index contributed by atoms with van der Waals surface area (Å²) in [6.07, 6.45) is 1.65. The first kappa shape index (κ1) is 16.7. The minimum atomic E-state index is -0.672. The number of aromatic hydroxyl groups is 1. The Morgan fingerprint density at radius 2 is 2.00 bits per heavy atom. The highest BCUT2D eigenvalue weighted by Gasteiger charge is 2.25. The van der Waals surface area contributed by atoms with Gasteiger partial charge in [0.15, 0.2) is 17.5 Å². The normalized spacial score (nSPS) is 10.9. The second kappa shape index (κ2) is 6.02. The number of nitrogens with one attached hydrogen (secondary N) is 2. The van der Waals surface area contributed by atoms with Gasteiger partial charge in [-0.15, -0.1) is 0 Å². The van der Waals surface area contributed by atoms with Crippen molar-refractivity contribution in [2.45, 2.75) is 20.8 Å². The van der Waals surface area contributed by atoms with Crippen molar-refractivity contribution < 1.29 is 14.7 Å². The summed E-state index contributed by atoms with van der Waals surface area (Å²) in [5.41, 5.74) is 3.39. The van der Waals surface area contributed by atoms with Crippen LogP contribution in [0.15, 0.2) is 24.4 Å². The first-order valence-electron chi connectivity index (χ1n) is 7.44. The van der Waals surface area contributed by atoms with Crippen molar-refractivity contribution in [3.8, 4) is 17.3 Å². The molecule has 25 heavy (non-hydrogen) atoms. The molecule has 0 unspecified atom stereocenters. The van der Waals surface area contributed by atoms with Crippen molar-refractivity contribution in [1.82, 2.24) is 24.8 Å². The average molecular weight is 344 g/mol. The number of amidine groups is 1. The number of aryl methyl sites for hydroxylation is 3. The largest absolute Gasteiger partial charge is 0.508 e. The van der Waals surface area contributed by atoms with E-state index in [4.69, 9.17) is 5.41 Å². The van der Waals surface area contributed by atoms with Gasteiger partial charge in [0.25, 0.3) is 0 Å². The standard InChI is InChI=1S/C16H17FN6O2/c1-8-7-19-10(3)22(8)16-14(15(18)21-25)9(2)20-23(16)13-5-4-11(24)6-12(13)17/h4-7,24-25H,1-3H3,(H2,18,21). The van der Waals surface area contributed by atoms with Crippen LogP contribution in [0.1, 0.15) is 22.8 Å². The number of phenols is 1. The highest BCUT2D eigenvalue weighted by atomic mass is 19.1. The minimum absolute atomic E-state index is 0.0976. The minimum Gasteiger partial charge on any atom is -0.508 e. The Morgan fingerprint density at radius 1 is 1.28 bits per heavy atom. The maximum absolute atomic E-state index is 14.4. The first-order valence-corrected chi connectivity index (χ1v) is 7.44. The van der Waals surface area contributed by atoms with Gasteiger partial charge in [-0.1, -0.05) is 0 Å². The van der Waals surface area contributed by atoms with Crippen LogP contribution >= 0.6 is 0 Å². The monoisotopic (exact) mass is 344 g/mol. The Balaban J connectivity index is 2.39. The van der Waals surface area contributed by atoms with Crippen LogP contribution in [0, 0.1) is 32.0 Å². The molecule has 0 aliphatic rings. The molecule has 0 aliphatic heterocycles. The van der Waals surface area contributed by atoms with Crippen LogP contribution < -0.4 is 5.48 Å². The molecule has 3 rings (SSSR count). The topological polar surface area (TPSA) is 112 Å². The summed E-state index contributed by atoms with van der Waals surface area (Å²) in [4.78, 5) is 4.23. The van der Waals surface area contributed by atoms with Gasteiger partial charge in [-0.2, -0.15) is 5.10 Å². The molecule has 0 bridgehead atoms. The lowest BCUT2D eigenvalue weighted by Gasteiger charge is -2.14. The van der Waals surface area contributed by atoms with Crippen molar-refractivity contribution in [1.29, 1.82) is 5.41 Å². The zero-order chi connectivity index (χ0) is 18.3. The molecule has 1 aromatic carbocycles. The second-order valence-electron chi connectivity index (χ2n) is 5.60. The Morgan fingerprint density at radius 3 is 2.56 bits per heavy atom. The molecule has 2 aromatic heterocycles. The quantitative estimate of drug-likeness (QED) is 0.330. The fourth-order valence-electron chi connectivity index (χ4n) is 2.78. The van der Waals surface area contributed by atoms with E-state index in [0.29, 0.717) is 22.9 Å². The van der Waals surface area contributed by atoms with E-state index in [-0.39, 0.29) is 17.3 Å². The first-order chi connectivity index (χ1) is 11.8. The van der Waals surface area contributed by atoms with E-state index < -0.39 is 5.82 Å². The van der Waals surface area contributed by atoms with E-state index in [1.807, 2.05) is 12.4 Å². The van der Waals surface area contributed by atoms with Crippen molar-refractivity contribution in [3.63, 3.8) is 0 Å².